The number of nitrogens with zero attached hydrogens (tertiary/aromatic N) is 1. The molecule has 3 rings (SSSR count). The van der Waals surface area contributed by atoms with E-state index in [2.05, 4.69) is 17.1 Å². The number of carbonyl (C=O) groups excluding carboxylic acids is 1. The zero-order valence-electron chi connectivity index (χ0n) is 14.5. The standard InChI is InChI=1S/C20H28N2O2/c23-20(19-9-5-2-6-10-19)22(17-18-7-3-1-4-8-18)12-11-21-13-15-24-16-14-21/h1-3,5-6,9-10,18H,4,7-8,11-17H2/p+1/t18-/m0/s1. The van der Waals surface area contributed by atoms with E-state index in [1.807, 2.05) is 30.3 Å². The van der Waals surface area contributed by atoms with Gasteiger partial charge in [-0.3, -0.25) is 4.79 Å². The summed E-state index contributed by atoms with van der Waals surface area (Å²) in [6.45, 7) is 6.53. The largest absolute Gasteiger partial charge is 0.370 e. The molecule has 1 saturated heterocycles. The first-order valence-corrected chi connectivity index (χ1v) is 9.23. The van der Waals surface area contributed by atoms with Crippen LogP contribution in [0, 0.1) is 5.92 Å². The van der Waals surface area contributed by atoms with Gasteiger partial charge < -0.3 is 14.5 Å². The second-order valence-electron chi connectivity index (χ2n) is 6.88. The van der Waals surface area contributed by atoms with E-state index in [9.17, 15) is 4.79 Å². The fourth-order valence-corrected chi connectivity index (χ4v) is 3.58. The second-order valence-corrected chi connectivity index (χ2v) is 6.88. The van der Waals surface area contributed by atoms with E-state index in [0.717, 1.165) is 64.3 Å². The number of rotatable bonds is 6. The molecule has 0 aromatic heterocycles. The molecule has 2 aliphatic rings. The maximum absolute atomic E-state index is 13.0. The highest BCUT2D eigenvalue weighted by molar-refractivity contribution is 5.94. The minimum atomic E-state index is 0.179. The molecular weight excluding hydrogens is 300 g/mol. The molecular formula is C20H29N2O2+. The quantitative estimate of drug-likeness (QED) is 0.801. The number of amides is 1. The third-order valence-electron chi connectivity index (χ3n) is 5.10. The second kappa shape index (κ2) is 9.00. The maximum Gasteiger partial charge on any atom is 0.254 e. The Labute approximate surface area is 145 Å². The molecule has 4 heteroatoms. The average Bonchev–Trinajstić information content (AvgIpc) is 2.67. The number of quaternary nitrogens is 1. The number of morpholine rings is 1. The molecule has 4 nitrogen and oxygen atoms in total. The van der Waals surface area contributed by atoms with Crippen LogP contribution in [0.2, 0.25) is 0 Å². The molecule has 1 aliphatic carbocycles. The fourth-order valence-electron chi connectivity index (χ4n) is 3.58. The summed E-state index contributed by atoms with van der Waals surface area (Å²) in [5, 5.41) is 0. The summed E-state index contributed by atoms with van der Waals surface area (Å²) in [4.78, 5) is 16.6. The number of hydrogen-bond donors (Lipinski definition) is 1. The summed E-state index contributed by atoms with van der Waals surface area (Å²) >= 11 is 0. The van der Waals surface area contributed by atoms with Crippen LogP contribution < -0.4 is 4.90 Å². The van der Waals surface area contributed by atoms with Crippen molar-refractivity contribution in [3.63, 3.8) is 0 Å². The molecule has 0 saturated carbocycles. The van der Waals surface area contributed by atoms with E-state index in [0.29, 0.717) is 5.92 Å². The van der Waals surface area contributed by atoms with Crippen molar-refractivity contribution in [2.75, 3.05) is 45.9 Å². The molecule has 0 bridgehead atoms. The molecule has 1 aromatic carbocycles. The number of hydrogen-bond acceptors (Lipinski definition) is 2. The van der Waals surface area contributed by atoms with Crippen molar-refractivity contribution in [2.24, 2.45) is 5.92 Å². The van der Waals surface area contributed by atoms with Crippen LogP contribution in [0.3, 0.4) is 0 Å². The first-order valence-electron chi connectivity index (χ1n) is 9.23. The van der Waals surface area contributed by atoms with Crippen LogP contribution in [-0.2, 0) is 4.74 Å². The van der Waals surface area contributed by atoms with Crippen molar-refractivity contribution in [2.45, 2.75) is 19.3 Å². The smallest absolute Gasteiger partial charge is 0.254 e. The first kappa shape index (κ1) is 17.2. The van der Waals surface area contributed by atoms with Crippen molar-refractivity contribution < 1.29 is 14.4 Å². The van der Waals surface area contributed by atoms with Crippen LogP contribution in [0.5, 0.6) is 0 Å². The monoisotopic (exact) mass is 329 g/mol. The fraction of sp³-hybridized carbons (Fsp3) is 0.550. The lowest BCUT2D eigenvalue weighted by molar-refractivity contribution is -0.907. The molecule has 0 radical (unpaired) electrons. The Morgan fingerprint density at radius 2 is 1.96 bits per heavy atom. The molecule has 0 spiro atoms. The molecule has 0 unspecified atom stereocenters. The van der Waals surface area contributed by atoms with Gasteiger partial charge in [0, 0.05) is 12.1 Å². The van der Waals surface area contributed by atoms with Crippen LogP contribution in [0.15, 0.2) is 42.5 Å². The van der Waals surface area contributed by atoms with Gasteiger partial charge in [0.1, 0.15) is 13.1 Å². The van der Waals surface area contributed by atoms with Gasteiger partial charge in [-0.05, 0) is 37.3 Å². The van der Waals surface area contributed by atoms with Crippen LogP contribution in [-0.4, -0.2) is 56.7 Å². The Morgan fingerprint density at radius 3 is 2.67 bits per heavy atom. The van der Waals surface area contributed by atoms with Crippen LogP contribution in [0.4, 0.5) is 0 Å². The molecule has 1 amide bonds. The zero-order valence-corrected chi connectivity index (χ0v) is 14.5. The maximum atomic E-state index is 13.0. The van der Waals surface area contributed by atoms with Gasteiger partial charge >= 0.3 is 0 Å². The molecule has 130 valence electrons. The average molecular weight is 329 g/mol. The third-order valence-corrected chi connectivity index (χ3v) is 5.10. The number of nitrogens with one attached hydrogen (secondary N) is 1. The van der Waals surface area contributed by atoms with Crippen molar-refractivity contribution >= 4 is 5.91 Å². The van der Waals surface area contributed by atoms with Crippen LogP contribution in [0.25, 0.3) is 0 Å². The van der Waals surface area contributed by atoms with Crippen molar-refractivity contribution in [3.05, 3.63) is 48.0 Å². The Bertz CT molecular complexity index is 538. The predicted molar refractivity (Wildman–Crippen MR) is 95.2 cm³/mol. The van der Waals surface area contributed by atoms with Gasteiger partial charge in [0.2, 0.25) is 0 Å². The SMILES string of the molecule is O=C(c1ccccc1)N(CC[NH+]1CCOCC1)C[C@H]1CC=CCC1. The van der Waals surface area contributed by atoms with Gasteiger partial charge in [0.15, 0.2) is 0 Å². The summed E-state index contributed by atoms with van der Waals surface area (Å²) in [7, 11) is 0. The molecule has 1 aliphatic heterocycles. The Hall–Kier alpha value is -1.65. The van der Waals surface area contributed by atoms with Gasteiger partial charge in [-0.15, -0.1) is 0 Å². The van der Waals surface area contributed by atoms with E-state index >= 15 is 0 Å². The number of benzene rings is 1. The minimum Gasteiger partial charge on any atom is -0.370 e. The summed E-state index contributed by atoms with van der Waals surface area (Å²) in [6.07, 6.45) is 7.97. The highest BCUT2D eigenvalue weighted by Crippen LogP contribution is 2.20. The zero-order chi connectivity index (χ0) is 16.6. The minimum absolute atomic E-state index is 0.179. The van der Waals surface area contributed by atoms with E-state index in [-0.39, 0.29) is 5.91 Å². The molecule has 1 heterocycles. The lowest BCUT2D eigenvalue weighted by Gasteiger charge is -2.31. The van der Waals surface area contributed by atoms with Crippen LogP contribution in [0.1, 0.15) is 29.6 Å². The number of allylic oxidation sites excluding steroid dienone is 2. The van der Waals surface area contributed by atoms with Gasteiger partial charge in [-0.1, -0.05) is 30.4 Å². The van der Waals surface area contributed by atoms with E-state index in [1.165, 1.54) is 6.42 Å². The van der Waals surface area contributed by atoms with Gasteiger partial charge in [0.25, 0.3) is 5.91 Å². The topological polar surface area (TPSA) is 34.0 Å². The lowest BCUT2D eigenvalue weighted by atomic mass is 9.93. The molecule has 1 aromatic rings. The highest BCUT2D eigenvalue weighted by atomic mass is 16.5. The summed E-state index contributed by atoms with van der Waals surface area (Å²) in [6, 6.07) is 9.71. The Balaban J connectivity index is 1.62. The molecule has 1 fully saturated rings. The van der Waals surface area contributed by atoms with E-state index in [1.54, 1.807) is 4.90 Å². The molecule has 24 heavy (non-hydrogen) atoms. The van der Waals surface area contributed by atoms with Crippen molar-refractivity contribution in [1.29, 1.82) is 0 Å². The lowest BCUT2D eigenvalue weighted by Crippen LogP contribution is -3.14. The van der Waals surface area contributed by atoms with Crippen molar-refractivity contribution in [1.82, 2.24) is 4.90 Å². The summed E-state index contributed by atoms with van der Waals surface area (Å²) < 4.78 is 5.44. The van der Waals surface area contributed by atoms with E-state index < -0.39 is 0 Å². The van der Waals surface area contributed by atoms with Gasteiger partial charge in [0.05, 0.1) is 26.3 Å². The normalized spacial score (nSPS) is 21.6. The highest BCUT2D eigenvalue weighted by Gasteiger charge is 2.23. The summed E-state index contributed by atoms with van der Waals surface area (Å²) in [5.41, 5.74) is 0.806. The van der Waals surface area contributed by atoms with Crippen molar-refractivity contribution in [3.8, 4) is 0 Å². The summed E-state index contributed by atoms with van der Waals surface area (Å²) in [5.74, 6) is 0.778. The van der Waals surface area contributed by atoms with E-state index in [4.69, 9.17) is 4.74 Å². The van der Waals surface area contributed by atoms with Gasteiger partial charge in [-0.25, -0.2) is 0 Å². The van der Waals surface area contributed by atoms with Gasteiger partial charge in [-0.2, -0.15) is 0 Å². The number of ether oxygens (including phenoxy) is 1. The molecule has 1 atom stereocenters. The Kier molecular flexibility index (Phi) is 6.44. The van der Waals surface area contributed by atoms with Crippen LogP contribution >= 0.6 is 0 Å². The number of carbonyl (C=O) groups is 1. The molecule has 1 N–H and O–H groups in total. The first-order chi connectivity index (χ1) is 11.8. The predicted octanol–water partition coefficient (Wildman–Crippen LogP) is 1.40. The third kappa shape index (κ3) is 4.92. The Morgan fingerprint density at radius 1 is 1.17 bits per heavy atom.